The normalized spacial score (nSPS) is 10.7. The van der Waals surface area contributed by atoms with Crippen LogP contribution in [-0.2, 0) is 19.6 Å². The lowest BCUT2D eigenvalue weighted by molar-refractivity contribution is 0.0730. The van der Waals surface area contributed by atoms with Crippen LogP contribution < -0.4 is 5.32 Å². The number of nitrogens with zero attached hydrogens (tertiary/aromatic N) is 2. The average molecular weight is 556 g/mol. The third-order valence-electron chi connectivity index (χ3n) is 5.14. The van der Waals surface area contributed by atoms with E-state index in [4.69, 9.17) is 0 Å². The molecule has 0 saturated heterocycles. The van der Waals surface area contributed by atoms with Gasteiger partial charge in [-0.25, -0.2) is 13.8 Å². The lowest BCUT2D eigenvalue weighted by atomic mass is 10.1. The molecule has 0 aliphatic rings. The summed E-state index contributed by atoms with van der Waals surface area (Å²) in [6, 6.07) is 18.9. The number of carbonyl (C=O) groups is 2. The first-order chi connectivity index (χ1) is 16.9. The zero-order valence-corrected chi connectivity index (χ0v) is 20.8. The molecule has 9 heteroatoms. The Kier molecular flexibility index (Phi) is 7.99. The van der Waals surface area contributed by atoms with Crippen LogP contribution in [0.3, 0.4) is 0 Å². The minimum Gasteiger partial charge on any atom is -0.347 e. The van der Waals surface area contributed by atoms with Gasteiger partial charge in [0, 0.05) is 28.5 Å². The largest absolute Gasteiger partial charge is 0.347 e. The molecule has 1 aromatic heterocycles. The molecule has 0 atom stereocenters. The van der Waals surface area contributed by atoms with E-state index in [9.17, 15) is 18.4 Å². The van der Waals surface area contributed by atoms with Gasteiger partial charge in [0.05, 0.1) is 6.54 Å². The Morgan fingerprint density at radius 3 is 2.09 bits per heavy atom. The Bertz CT molecular complexity index is 1310. The third kappa shape index (κ3) is 6.80. The molecule has 1 heterocycles. The molecule has 3 aromatic carbocycles. The monoisotopic (exact) mass is 555 g/mol. The van der Waals surface area contributed by atoms with Crippen LogP contribution in [0.5, 0.6) is 0 Å². The fourth-order valence-electron chi connectivity index (χ4n) is 3.31. The van der Waals surface area contributed by atoms with Crippen LogP contribution in [0.15, 0.2) is 82.6 Å². The van der Waals surface area contributed by atoms with Gasteiger partial charge in [-0.15, -0.1) is 11.3 Å². The Hall–Kier alpha value is -3.43. The zero-order chi connectivity index (χ0) is 24.8. The number of hydrogen-bond acceptors (Lipinski definition) is 4. The number of rotatable bonds is 8. The smallest absolute Gasteiger partial charge is 0.271 e. The summed E-state index contributed by atoms with van der Waals surface area (Å²) in [4.78, 5) is 31.8. The summed E-state index contributed by atoms with van der Waals surface area (Å²) in [5.74, 6) is -1.26. The van der Waals surface area contributed by atoms with E-state index in [0.29, 0.717) is 10.6 Å². The highest BCUT2D eigenvalue weighted by molar-refractivity contribution is 9.10. The number of carbonyl (C=O) groups excluding carboxylic acids is 2. The van der Waals surface area contributed by atoms with E-state index < -0.39 is 0 Å². The number of benzene rings is 3. The van der Waals surface area contributed by atoms with Gasteiger partial charge < -0.3 is 10.2 Å². The highest BCUT2D eigenvalue weighted by Crippen LogP contribution is 2.19. The number of halogens is 3. The topological polar surface area (TPSA) is 62.3 Å². The highest BCUT2D eigenvalue weighted by atomic mass is 79.9. The molecule has 0 unspecified atom stereocenters. The van der Waals surface area contributed by atoms with Crippen LogP contribution in [0.2, 0.25) is 0 Å². The molecule has 0 bridgehead atoms. The summed E-state index contributed by atoms with van der Waals surface area (Å²) in [6.07, 6.45) is 0. The van der Waals surface area contributed by atoms with Gasteiger partial charge in [0.1, 0.15) is 22.3 Å². The molecule has 0 aliphatic heterocycles. The van der Waals surface area contributed by atoms with Gasteiger partial charge in [0.2, 0.25) is 0 Å². The summed E-state index contributed by atoms with van der Waals surface area (Å²) in [5.41, 5.74) is 2.28. The molecule has 0 saturated carbocycles. The van der Waals surface area contributed by atoms with Gasteiger partial charge >= 0.3 is 0 Å². The lowest BCUT2D eigenvalue weighted by Crippen LogP contribution is -2.30. The second-order valence-corrected chi connectivity index (χ2v) is 9.59. The number of amides is 2. The van der Waals surface area contributed by atoms with Crippen LogP contribution in [0, 0.1) is 11.6 Å². The van der Waals surface area contributed by atoms with Gasteiger partial charge in [0.15, 0.2) is 0 Å². The van der Waals surface area contributed by atoms with E-state index in [1.165, 1.54) is 35.6 Å². The summed E-state index contributed by atoms with van der Waals surface area (Å²) in [7, 11) is 0. The van der Waals surface area contributed by atoms with Crippen LogP contribution >= 0.6 is 27.3 Å². The molecule has 35 heavy (non-hydrogen) atoms. The Morgan fingerprint density at radius 1 is 0.857 bits per heavy atom. The van der Waals surface area contributed by atoms with Crippen LogP contribution in [-0.4, -0.2) is 21.7 Å². The van der Waals surface area contributed by atoms with E-state index in [1.54, 1.807) is 58.8 Å². The van der Waals surface area contributed by atoms with E-state index >= 15 is 0 Å². The predicted octanol–water partition coefficient (Wildman–Crippen LogP) is 5.96. The van der Waals surface area contributed by atoms with Crippen molar-refractivity contribution in [2.75, 3.05) is 0 Å². The second-order valence-electron chi connectivity index (χ2n) is 7.73. The van der Waals surface area contributed by atoms with Crippen molar-refractivity contribution in [1.82, 2.24) is 15.2 Å². The maximum atomic E-state index is 13.4. The SMILES string of the molecule is O=C(NCc1ccc(F)cc1)c1csc(CN(Cc2ccc(F)cc2)C(=O)c2ccc(Br)cc2)n1. The first kappa shape index (κ1) is 24.7. The Balaban J connectivity index is 1.47. The molecule has 0 aliphatic carbocycles. The maximum absolute atomic E-state index is 13.4. The van der Waals surface area contributed by atoms with Crippen LogP contribution in [0.25, 0.3) is 0 Å². The van der Waals surface area contributed by atoms with E-state index in [2.05, 4.69) is 26.2 Å². The second kappa shape index (κ2) is 11.3. The molecule has 4 rings (SSSR count). The van der Waals surface area contributed by atoms with Gasteiger partial charge in [-0.1, -0.05) is 40.2 Å². The molecule has 4 aromatic rings. The molecule has 1 N–H and O–H groups in total. The van der Waals surface area contributed by atoms with Crippen molar-refractivity contribution < 1.29 is 18.4 Å². The summed E-state index contributed by atoms with van der Waals surface area (Å²) < 4.78 is 27.3. The molecule has 178 valence electrons. The number of nitrogens with one attached hydrogen (secondary N) is 1. The van der Waals surface area contributed by atoms with Crippen molar-refractivity contribution in [2.45, 2.75) is 19.6 Å². The fourth-order valence-corrected chi connectivity index (χ4v) is 4.36. The third-order valence-corrected chi connectivity index (χ3v) is 6.50. The van der Waals surface area contributed by atoms with Gasteiger partial charge in [0.25, 0.3) is 11.8 Å². The molecule has 5 nitrogen and oxygen atoms in total. The lowest BCUT2D eigenvalue weighted by Gasteiger charge is -2.22. The van der Waals surface area contributed by atoms with Crippen LogP contribution in [0.1, 0.15) is 37.0 Å². The highest BCUT2D eigenvalue weighted by Gasteiger charge is 2.20. The number of aromatic nitrogens is 1. The first-order valence-corrected chi connectivity index (χ1v) is 12.3. The number of thiazole rings is 1. The molecule has 2 amide bonds. The van der Waals surface area contributed by atoms with E-state index in [1.807, 2.05) is 0 Å². The summed E-state index contributed by atoms with van der Waals surface area (Å²) >= 11 is 4.64. The zero-order valence-electron chi connectivity index (χ0n) is 18.4. The van der Waals surface area contributed by atoms with Gasteiger partial charge in [-0.3, -0.25) is 9.59 Å². The van der Waals surface area contributed by atoms with Gasteiger partial charge in [-0.2, -0.15) is 0 Å². The first-order valence-electron chi connectivity index (χ1n) is 10.6. The van der Waals surface area contributed by atoms with E-state index in [0.717, 1.165) is 15.6 Å². The van der Waals surface area contributed by atoms with E-state index in [-0.39, 0.29) is 48.8 Å². The maximum Gasteiger partial charge on any atom is 0.271 e. The van der Waals surface area contributed by atoms with Crippen molar-refractivity contribution in [3.8, 4) is 0 Å². The average Bonchev–Trinajstić information content (AvgIpc) is 3.33. The standard InChI is InChI=1S/C26H20BrF2N3O2S/c27-20-7-5-19(6-8-20)26(34)32(14-18-3-11-22(29)12-4-18)15-24-31-23(16-35-24)25(33)30-13-17-1-9-21(28)10-2-17/h1-12,16H,13-15H2,(H,30,33). The Labute approximate surface area is 213 Å². The van der Waals surface area contributed by atoms with Crippen molar-refractivity contribution in [2.24, 2.45) is 0 Å². The minimum absolute atomic E-state index is 0.183. The molecular weight excluding hydrogens is 536 g/mol. The summed E-state index contributed by atoms with van der Waals surface area (Å²) in [5, 5.41) is 4.98. The molecular formula is C26H20BrF2N3O2S. The molecule has 0 fully saturated rings. The van der Waals surface area contributed by atoms with Crippen molar-refractivity contribution >= 4 is 39.1 Å². The summed E-state index contributed by atoms with van der Waals surface area (Å²) in [6.45, 7) is 0.674. The van der Waals surface area contributed by atoms with Gasteiger partial charge in [-0.05, 0) is 59.7 Å². The van der Waals surface area contributed by atoms with Crippen LogP contribution in [0.4, 0.5) is 8.78 Å². The Morgan fingerprint density at radius 2 is 1.46 bits per heavy atom. The minimum atomic E-state index is -0.360. The molecule has 0 radical (unpaired) electrons. The van der Waals surface area contributed by atoms with Crippen molar-refractivity contribution in [3.63, 3.8) is 0 Å². The van der Waals surface area contributed by atoms with Crippen molar-refractivity contribution in [3.05, 3.63) is 122 Å². The predicted molar refractivity (Wildman–Crippen MR) is 134 cm³/mol. The molecule has 0 spiro atoms. The van der Waals surface area contributed by atoms with Crippen molar-refractivity contribution in [1.29, 1.82) is 0 Å². The fraction of sp³-hybridized carbons (Fsp3) is 0.115. The number of hydrogen-bond donors (Lipinski definition) is 1. The quantitative estimate of drug-likeness (QED) is 0.292.